The van der Waals surface area contributed by atoms with Gasteiger partial charge in [0.2, 0.25) is 0 Å². The number of rotatable bonds is 8. The third-order valence-electron chi connectivity index (χ3n) is 1.97. The Morgan fingerprint density at radius 2 is 2.07 bits per heavy atom. The van der Waals surface area contributed by atoms with Gasteiger partial charge in [0.25, 0.3) is 0 Å². The molecule has 2 heteroatoms. The van der Waals surface area contributed by atoms with Gasteiger partial charge in [0.15, 0.2) is 0 Å². The van der Waals surface area contributed by atoms with Gasteiger partial charge in [-0.2, -0.15) is 0 Å². The Morgan fingerprint density at radius 3 is 2.57 bits per heavy atom. The van der Waals surface area contributed by atoms with E-state index in [1.54, 1.807) is 0 Å². The molecule has 0 aromatic rings. The van der Waals surface area contributed by atoms with Crippen molar-refractivity contribution in [3.05, 3.63) is 11.6 Å². The molecule has 1 unspecified atom stereocenters. The van der Waals surface area contributed by atoms with Crippen LogP contribution in [0.1, 0.15) is 40.5 Å². The van der Waals surface area contributed by atoms with Crippen molar-refractivity contribution in [2.24, 2.45) is 0 Å². The molecule has 0 spiro atoms. The van der Waals surface area contributed by atoms with E-state index < -0.39 is 0 Å². The maximum absolute atomic E-state index is 5.36. The predicted molar refractivity (Wildman–Crippen MR) is 62.6 cm³/mol. The lowest BCUT2D eigenvalue weighted by atomic mass is 10.1. The number of nitrogens with one attached hydrogen (secondary N) is 1. The van der Waals surface area contributed by atoms with Gasteiger partial charge in [0.05, 0.1) is 0 Å². The first-order valence-electron chi connectivity index (χ1n) is 5.66. The summed E-state index contributed by atoms with van der Waals surface area (Å²) in [7, 11) is 0. The van der Waals surface area contributed by atoms with Crippen molar-refractivity contribution in [2.75, 3.05) is 19.8 Å². The van der Waals surface area contributed by atoms with Crippen LogP contribution in [0.25, 0.3) is 0 Å². The van der Waals surface area contributed by atoms with E-state index in [9.17, 15) is 0 Å². The standard InChI is InChI=1S/C12H25NO/c1-5-8-13-12(10-11(3)4)7-9-14-6-2/h10,12-13H,5-9H2,1-4H3. The van der Waals surface area contributed by atoms with Gasteiger partial charge in [-0.25, -0.2) is 0 Å². The number of hydrogen-bond donors (Lipinski definition) is 1. The van der Waals surface area contributed by atoms with Crippen LogP contribution in [0, 0.1) is 0 Å². The van der Waals surface area contributed by atoms with E-state index >= 15 is 0 Å². The van der Waals surface area contributed by atoms with E-state index in [1.165, 1.54) is 12.0 Å². The molecule has 0 aliphatic carbocycles. The maximum atomic E-state index is 5.36. The van der Waals surface area contributed by atoms with Gasteiger partial charge < -0.3 is 10.1 Å². The zero-order valence-electron chi connectivity index (χ0n) is 10.1. The minimum Gasteiger partial charge on any atom is -0.382 e. The molecule has 0 aliphatic heterocycles. The SMILES string of the molecule is CCCNC(C=C(C)C)CCOCC. The highest BCUT2D eigenvalue weighted by atomic mass is 16.5. The van der Waals surface area contributed by atoms with Crippen molar-refractivity contribution < 1.29 is 4.74 Å². The van der Waals surface area contributed by atoms with Crippen molar-refractivity contribution >= 4 is 0 Å². The van der Waals surface area contributed by atoms with Gasteiger partial charge in [-0.15, -0.1) is 0 Å². The Hall–Kier alpha value is -0.340. The van der Waals surface area contributed by atoms with Crippen LogP contribution in [0.3, 0.4) is 0 Å². The summed E-state index contributed by atoms with van der Waals surface area (Å²) in [4.78, 5) is 0. The van der Waals surface area contributed by atoms with Crippen molar-refractivity contribution in [1.82, 2.24) is 5.32 Å². The van der Waals surface area contributed by atoms with Gasteiger partial charge in [0, 0.05) is 19.3 Å². The Kier molecular flexibility index (Phi) is 9.00. The van der Waals surface area contributed by atoms with Crippen LogP contribution in [-0.2, 0) is 4.74 Å². The normalized spacial score (nSPS) is 12.6. The zero-order valence-corrected chi connectivity index (χ0v) is 10.1. The molecule has 0 heterocycles. The summed E-state index contributed by atoms with van der Waals surface area (Å²) in [6, 6.07) is 0.478. The van der Waals surface area contributed by atoms with Crippen LogP contribution >= 0.6 is 0 Å². The van der Waals surface area contributed by atoms with Gasteiger partial charge in [-0.05, 0) is 40.2 Å². The smallest absolute Gasteiger partial charge is 0.0483 e. The molecule has 0 fully saturated rings. The highest BCUT2D eigenvalue weighted by Gasteiger charge is 2.03. The lowest BCUT2D eigenvalue weighted by Gasteiger charge is -2.15. The first kappa shape index (κ1) is 13.7. The molecule has 0 bridgehead atoms. The van der Waals surface area contributed by atoms with Gasteiger partial charge >= 0.3 is 0 Å². The molecule has 0 saturated carbocycles. The summed E-state index contributed by atoms with van der Waals surface area (Å²) in [5.74, 6) is 0. The van der Waals surface area contributed by atoms with Crippen LogP contribution < -0.4 is 5.32 Å². The van der Waals surface area contributed by atoms with Crippen LogP contribution in [0.4, 0.5) is 0 Å². The average Bonchev–Trinajstić information content (AvgIpc) is 2.13. The Labute approximate surface area is 88.7 Å². The van der Waals surface area contributed by atoms with Crippen LogP contribution in [-0.4, -0.2) is 25.8 Å². The Morgan fingerprint density at radius 1 is 1.36 bits per heavy atom. The summed E-state index contributed by atoms with van der Waals surface area (Å²) >= 11 is 0. The third-order valence-corrected chi connectivity index (χ3v) is 1.97. The second-order valence-electron chi connectivity index (χ2n) is 3.79. The molecule has 84 valence electrons. The average molecular weight is 199 g/mol. The minimum atomic E-state index is 0.478. The highest BCUT2D eigenvalue weighted by molar-refractivity contribution is 5.00. The monoisotopic (exact) mass is 199 g/mol. The van der Waals surface area contributed by atoms with E-state index in [1.807, 2.05) is 6.92 Å². The number of ether oxygens (including phenoxy) is 1. The van der Waals surface area contributed by atoms with Gasteiger partial charge in [0.1, 0.15) is 0 Å². The van der Waals surface area contributed by atoms with E-state index in [0.29, 0.717) is 6.04 Å². The fourth-order valence-electron chi connectivity index (χ4n) is 1.33. The molecule has 0 aromatic carbocycles. The molecule has 14 heavy (non-hydrogen) atoms. The van der Waals surface area contributed by atoms with Crippen molar-refractivity contribution in [3.63, 3.8) is 0 Å². The molecule has 0 aromatic heterocycles. The maximum Gasteiger partial charge on any atom is 0.0483 e. The third kappa shape index (κ3) is 8.27. The summed E-state index contributed by atoms with van der Waals surface area (Å²) in [5, 5.41) is 3.50. The molecule has 0 rings (SSSR count). The first-order chi connectivity index (χ1) is 6.70. The van der Waals surface area contributed by atoms with Gasteiger partial charge in [-0.3, -0.25) is 0 Å². The van der Waals surface area contributed by atoms with E-state index in [4.69, 9.17) is 4.74 Å². The summed E-state index contributed by atoms with van der Waals surface area (Å²) < 4.78 is 5.36. The fourth-order valence-corrected chi connectivity index (χ4v) is 1.33. The second-order valence-corrected chi connectivity index (χ2v) is 3.79. The second kappa shape index (κ2) is 9.22. The van der Waals surface area contributed by atoms with Crippen LogP contribution in [0.2, 0.25) is 0 Å². The van der Waals surface area contributed by atoms with Crippen LogP contribution in [0.5, 0.6) is 0 Å². The molecule has 0 saturated heterocycles. The Balaban J connectivity index is 3.79. The Bertz CT molecular complexity index is 150. The van der Waals surface area contributed by atoms with E-state index in [0.717, 1.165) is 26.2 Å². The molecular formula is C12H25NO. The molecule has 0 amide bonds. The lowest BCUT2D eigenvalue weighted by Crippen LogP contribution is -2.29. The van der Waals surface area contributed by atoms with Crippen molar-refractivity contribution in [1.29, 1.82) is 0 Å². The molecule has 2 nitrogen and oxygen atoms in total. The topological polar surface area (TPSA) is 21.3 Å². The largest absolute Gasteiger partial charge is 0.382 e. The van der Waals surface area contributed by atoms with Crippen LogP contribution in [0.15, 0.2) is 11.6 Å². The van der Waals surface area contributed by atoms with Crippen molar-refractivity contribution in [3.8, 4) is 0 Å². The van der Waals surface area contributed by atoms with E-state index in [-0.39, 0.29) is 0 Å². The number of hydrogen-bond acceptors (Lipinski definition) is 2. The molecule has 1 atom stereocenters. The zero-order chi connectivity index (χ0) is 10.8. The predicted octanol–water partition coefficient (Wildman–Crippen LogP) is 2.75. The first-order valence-corrected chi connectivity index (χ1v) is 5.66. The molecule has 1 N–H and O–H groups in total. The molecule has 0 aliphatic rings. The quantitative estimate of drug-likeness (QED) is 0.479. The molecular weight excluding hydrogens is 174 g/mol. The van der Waals surface area contributed by atoms with Crippen molar-refractivity contribution in [2.45, 2.75) is 46.6 Å². The summed E-state index contributed by atoms with van der Waals surface area (Å²) in [5.41, 5.74) is 1.37. The summed E-state index contributed by atoms with van der Waals surface area (Å²) in [6.45, 7) is 11.3. The highest BCUT2D eigenvalue weighted by Crippen LogP contribution is 2.00. The summed E-state index contributed by atoms with van der Waals surface area (Å²) in [6.07, 6.45) is 4.54. The number of allylic oxidation sites excluding steroid dienone is 1. The minimum absolute atomic E-state index is 0.478. The van der Waals surface area contributed by atoms with E-state index in [2.05, 4.69) is 32.2 Å². The van der Waals surface area contributed by atoms with Gasteiger partial charge in [-0.1, -0.05) is 18.6 Å². The fraction of sp³-hybridized carbons (Fsp3) is 0.833. The molecule has 0 radical (unpaired) electrons. The lowest BCUT2D eigenvalue weighted by molar-refractivity contribution is 0.140.